The van der Waals surface area contributed by atoms with Crippen LogP contribution in [0.1, 0.15) is 29.3 Å². The highest BCUT2D eigenvalue weighted by Crippen LogP contribution is 2.25. The van der Waals surface area contributed by atoms with E-state index < -0.39 is 5.82 Å². The summed E-state index contributed by atoms with van der Waals surface area (Å²) in [4.78, 5) is 14.4. The van der Waals surface area contributed by atoms with Crippen LogP contribution in [0.4, 0.5) is 4.39 Å². The fraction of sp³-hybridized carbons (Fsp3) is 0.500. The number of amides is 1. The van der Waals surface area contributed by atoms with E-state index in [4.69, 9.17) is 0 Å². The molecule has 1 aliphatic rings. The Bertz CT molecular complexity index is 463. The van der Waals surface area contributed by atoms with E-state index in [1.54, 1.807) is 17.0 Å². The molecule has 0 saturated carbocycles. The van der Waals surface area contributed by atoms with Gasteiger partial charge in [0.2, 0.25) is 0 Å². The average Bonchev–Trinajstić information content (AvgIpc) is 2.32. The zero-order valence-corrected chi connectivity index (χ0v) is 12.2. The molecule has 0 spiro atoms. The number of hydrogen-bond acceptors (Lipinski definition) is 1. The monoisotopic (exact) mass is 313 g/mol. The van der Waals surface area contributed by atoms with E-state index in [1.165, 1.54) is 6.07 Å². The number of carbonyl (C=O) groups is 1. The van der Waals surface area contributed by atoms with Crippen LogP contribution in [0.25, 0.3) is 0 Å². The van der Waals surface area contributed by atoms with Gasteiger partial charge in [-0.25, -0.2) is 4.39 Å². The first kappa shape index (κ1) is 13.5. The number of halogens is 2. The third-order valence-corrected chi connectivity index (χ3v) is 4.80. The number of aryl methyl sites for hydroxylation is 1. The molecule has 1 saturated heterocycles. The third-order valence-electron chi connectivity index (χ3n) is 3.44. The summed E-state index contributed by atoms with van der Waals surface area (Å²) in [7, 11) is 0. The minimum Gasteiger partial charge on any atom is -0.338 e. The highest BCUT2D eigenvalue weighted by atomic mass is 79.9. The first-order valence-corrected chi connectivity index (χ1v) is 7.10. The van der Waals surface area contributed by atoms with Crippen molar-refractivity contribution in [2.45, 2.75) is 25.1 Å². The van der Waals surface area contributed by atoms with Gasteiger partial charge in [0.15, 0.2) is 0 Å². The van der Waals surface area contributed by atoms with Gasteiger partial charge in [0.05, 0.1) is 5.56 Å². The zero-order valence-electron chi connectivity index (χ0n) is 10.6. The molecule has 98 valence electrons. The average molecular weight is 314 g/mol. The molecular weight excluding hydrogens is 297 g/mol. The molecule has 1 amide bonds. The van der Waals surface area contributed by atoms with Gasteiger partial charge in [-0.15, -0.1) is 0 Å². The van der Waals surface area contributed by atoms with Crippen LogP contribution in [-0.4, -0.2) is 28.7 Å². The molecule has 1 aliphatic heterocycles. The topological polar surface area (TPSA) is 20.3 Å². The second kappa shape index (κ2) is 5.39. The Labute approximate surface area is 115 Å². The van der Waals surface area contributed by atoms with E-state index >= 15 is 0 Å². The Morgan fingerprint density at radius 2 is 2.22 bits per heavy atom. The van der Waals surface area contributed by atoms with Crippen LogP contribution < -0.4 is 0 Å². The molecule has 0 radical (unpaired) electrons. The minimum absolute atomic E-state index is 0.181. The SMILES string of the molecule is Cc1ccc(C(=O)N2CCC(Br)C(C)C2)c(F)c1. The van der Waals surface area contributed by atoms with Crippen molar-refractivity contribution < 1.29 is 9.18 Å². The maximum atomic E-state index is 13.8. The van der Waals surface area contributed by atoms with Crippen molar-refractivity contribution in [3.8, 4) is 0 Å². The van der Waals surface area contributed by atoms with E-state index in [-0.39, 0.29) is 11.5 Å². The normalized spacial score (nSPS) is 24.1. The number of piperidine rings is 1. The van der Waals surface area contributed by atoms with Crippen LogP contribution in [0.3, 0.4) is 0 Å². The number of hydrogen-bond donors (Lipinski definition) is 0. The molecule has 2 rings (SSSR count). The summed E-state index contributed by atoms with van der Waals surface area (Å²) >= 11 is 3.60. The van der Waals surface area contributed by atoms with E-state index in [0.717, 1.165) is 12.0 Å². The standard InChI is InChI=1S/C14H17BrFNO/c1-9-3-4-11(13(16)7-9)14(18)17-6-5-12(15)10(2)8-17/h3-4,7,10,12H,5-6,8H2,1-2H3. The van der Waals surface area contributed by atoms with Crippen molar-refractivity contribution in [1.29, 1.82) is 0 Å². The van der Waals surface area contributed by atoms with Gasteiger partial charge in [-0.2, -0.15) is 0 Å². The summed E-state index contributed by atoms with van der Waals surface area (Å²) in [6.07, 6.45) is 0.917. The minimum atomic E-state index is -0.423. The fourth-order valence-electron chi connectivity index (χ4n) is 2.27. The predicted octanol–water partition coefficient (Wildman–Crippen LogP) is 3.38. The van der Waals surface area contributed by atoms with Gasteiger partial charge in [0.25, 0.3) is 5.91 Å². The van der Waals surface area contributed by atoms with Crippen molar-refractivity contribution in [3.63, 3.8) is 0 Å². The Hall–Kier alpha value is -0.900. The molecular formula is C14H17BrFNO. The lowest BCUT2D eigenvalue weighted by Gasteiger charge is -2.34. The highest BCUT2D eigenvalue weighted by Gasteiger charge is 2.28. The Morgan fingerprint density at radius 1 is 1.50 bits per heavy atom. The molecule has 1 aromatic rings. The first-order chi connectivity index (χ1) is 8.49. The van der Waals surface area contributed by atoms with Gasteiger partial charge >= 0.3 is 0 Å². The second-order valence-electron chi connectivity index (χ2n) is 5.02. The molecule has 1 aromatic carbocycles. The fourth-order valence-corrected chi connectivity index (χ4v) is 2.64. The molecule has 0 N–H and O–H groups in total. The van der Waals surface area contributed by atoms with Crippen LogP contribution in [0.2, 0.25) is 0 Å². The maximum Gasteiger partial charge on any atom is 0.256 e. The number of benzene rings is 1. The second-order valence-corrected chi connectivity index (χ2v) is 6.19. The van der Waals surface area contributed by atoms with Crippen molar-refractivity contribution in [2.24, 2.45) is 5.92 Å². The lowest BCUT2D eigenvalue weighted by Crippen LogP contribution is -2.43. The molecule has 4 heteroatoms. The quantitative estimate of drug-likeness (QED) is 0.728. The van der Waals surface area contributed by atoms with Gasteiger partial charge in [0.1, 0.15) is 5.82 Å². The van der Waals surface area contributed by atoms with Crippen LogP contribution >= 0.6 is 15.9 Å². The third kappa shape index (κ3) is 2.74. The Kier molecular flexibility index (Phi) is 4.05. The molecule has 2 unspecified atom stereocenters. The van der Waals surface area contributed by atoms with Crippen molar-refractivity contribution >= 4 is 21.8 Å². The molecule has 2 atom stereocenters. The molecule has 18 heavy (non-hydrogen) atoms. The van der Waals surface area contributed by atoms with Crippen LogP contribution in [0, 0.1) is 18.7 Å². The number of rotatable bonds is 1. The van der Waals surface area contributed by atoms with Gasteiger partial charge in [0, 0.05) is 17.9 Å². The summed E-state index contributed by atoms with van der Waals surface area (Å²) in [5, 5.41) is 0. The largest absolute Gasteiger partial charge is 0.338 e. The molecule has 1 fully saturated rings. The number of likely N-dealkylation sites (tertiary alicyclic amines) is 1. The van der Waals surface area contributed by atoms with Gasteiger partial charge in [-0.05, 0) is 37.0 Å². The van der Waals surface area contributed by atoms with Crippen LogP contribution in [-0.2, 0) is 0 Å². The summed E-state index contributed by atoms with van der Waals surface area (Å²) in [5.41, 5.74) is 1.01. The number of nitrogens with zero attached hydrogens (tertiary/aromatic N) is 1. The highest BCUT2D eigenvalue weighted by molar-refractivity contribution is 9.09. The van der Waals surface area contributed by atoms with Crippen molar-refractivity contribution in [2.75, 3.05) is 13.1 Å². The predicted molar refractivity (Wildman–Crippen MR) is 73.5 cm³/mol. The van der Waals surface area contributed by atoms with Gasteiger partial charge in [-0.3, -0.25) is 4.79 Å². The van der Waals surface area contributed by atoms with E-state index in [9.17, 15) is 9.18 Å². The van der Waals surface area contributed by atoms with Gasteiger partial charge in [-0.1, -0.05) is 28.9 Å². The Morgan fingerprint density at radius 3 is 2.83 bits per heavy atom. The van der Waals surface area contributed by atoms with E-state index in [0.29, 0.717) is 23.8 Å². The summed E-state index contributed by atoms with van der Waals surface area (Å²) in [6, 6.07) is 4.77. The number of alkyl halides is 1. The van der Waals surface area contributed by atoms with E-state index in [2.05, 4.69) is 22.9 Å². The smallest absolute Gasteiger partial charge is 0.256 e. The zero-order chi connectivity index (χ0) is 13.3. The molecule has 1 heterocycles. The van der Waals surface area contributed by atoms with E-state index in [1.807, 2.05) is 6.92 Å². The van der Waals surface area contributed by atoms with Crippen LogP contribution in [0.5, 0.6) is 0 Å². The lowest BCUT2D eigenvalue weighted by molar-refractivity contribution is 0.0686. The molecule has 2 nitrogen and oxygen atoms in total. The summed E-state index contributed by atoms with van der Waals surface area (Å²) in [5.74, 6) is -0.219. The Balaban J connectivity index is 2.16. The molecule has 0 aromatic heterocycles. The number of carbonyl (C=O) groups excluding carboxylic acids is 1. The summed E-state index contributed by atoms with van der Waals surface area (Å²) < 4.78 is 13.8. The lowest BCUT2D eigenvalue weighted by atomic mass is 9.99. The van der Waals surface area contributed by atoms with Crippen molar-refractivity contribution in [1.82, 2.24) is 4.90 Å². The summed E-state index contributed by atoms with van der Waals surface area (Å²) in [6.45, 7) is 5.29. The maximum absolute atomic E-state index is 13.8. The van der Waals surface area contributed by atoms with Crippen molar-refractivity contribution in [3.05, 3.63) is 35.1 Å². The molecule has 0 aliphatic carbocycles. The van der Waals surface area contributed by atoms with Crippen LogP contribution in [0.15, 0.2) is 18.2 Å². The first-order valence-electron chi connectivity index (χ1n) is 6.18. The van der Waals surface area contributed by atoms with Gasteiger partial charge < -0.3 is 4.90 Å². The molecule has 0 bridgehead atoms.